The second-order valence-electron chi connectivity index (χ2n) is 5.62. The molecule has 0 saturated carbocycles. The summed E-state index contributed by atoms with van der Waals surface area (Å²) >= 11 is 0. The number of phenols is 2. The van der Waals surface area contributed by atoms with Gasteiger partial charge in [-0.1, -0.05) is 25.1 Å². The predicted octanol–water partition coefficient (Wildman–Crippen LogP) is 2.31. The van der Waals surface area contributed by atoms with Gasteiger partial charge in [0.1, 0.15) is 0 Å². The minimum absolute atomic E-state index is 0.152. The maximum Gasteiger partial charge on any atom is 0.243 e. The number of aromatic nitrogens is 2. The van der Waals surface area contributed by atoms with Crippen molar-refractivity contribution in [3.63, 3.8) is 0 Å². The number of aryl methyl sites for hydroxylation is 1. The summed E-state index contributed by atoms with van der Waals surface area (Å²) in [5.41, 5.74) is 6.84. The van der Waals surface area contributed by atoms with Crippen LogP contribution in [0, 0.1) is 5.92 Å². The number of hydrogen-bond acceptors (Lipinski definition) is 6. The van der Waals surface area contributed by atoms with E-state index in [1.165, 1.54) is 12.1 Å². The maximum absolute atomic E-state index is 9.47. The Morgan fingerprint density at radius 1 is 1.24 bits per heavy atom. The van der Waals surface area contributed by atoms with Crippen molar-refractivity contribution in [2.24, 2.45) is 11.7 Å². The molecule has 21 heavy (non-hydrogen) atoms. The van der Waals surface area contributed by atoms with Crippen LogP contribution in [0.2, 0.25) is 0 Å². The first-order valence-corrected chi connectivity index (χ1v) is 7.04. The number of hydrogen-bond donors (Lipinski definition) is 3. The molecule has 1 aromatic heterocycles. The normalized spacial score (nSPS) is 12.8. The highest BCUT2D eigenvalue weighted by atomic mass is 16.5. The lowest BCUT2D eigenvalue weighted by molar-refractivity contribution is 0.349. The predicted molar refractivity (Wildman–Crippen MR) is 77.9 cm³/mol. The van der Waals surface area contributed by atoms with E-state index in [-0.39, 0.29) is 11.5 Å². The lowest BCUT2D eigenvalue weighted by Gasteiger charge is -2.07. The number of benzene rings is 1. The molecule has 0 aliphatic heterocycles. The van der Waals surface area contributed by atoms with Gasteiger partial charge in [-0.15, -0.1) is 0 Å². The Labute approximate surface area is 123 Å². The first-order valence-electron chi connectivity index (χ1n) is 7.04. The smallest absolute Gasteiger partial charge is 0.243 e. The summed E-state index contributed by atoms with van der Waals surface area (Å²) < 4.78 is 5.19. The van der Waals surface area contributed by atoms with Crippen LogP contribution < -0.4 is 5.73 Å². The molecule has 0 fully saturated rings. The molecule has 0 amide bonds. The second kappa shape index (κ2) is 6.58. The van der Waals surface area contributed by atoms with Crippen LogP contribution in [0.3, 0.4) is 0 Å². The van der Waals surface area contributed by atoms with Crippen molar-refractivity contribution in [1.29, 1.82) is 0 Å². The van der Waals surface area contributed by atoms with Crippen LogP contribution in [0.5, 0.6) is 11.5 Å². The minimum atomic E-state index is -0.436. The largest absolute Gasteiger partial charge is 0.504 e. The zero-order valence-electron chi connectivity index (χ0n) is 12.3. The first kappa shape index (κ1) is 15.3. The molecule has 0 saturated heterocycles. The number of phenolic OH excluding ortho intramolecular Hbond substituents is 2. The molecule has 1 heterocycles. The molecule has 1 aromatic carbocycles. The zero-order valence-corrected chi connectivity index (χ0v) is 12.3. The topological polar surface area (TPSA) is 105 Å². The third-order valence-corrected chi connectivity index (χ3v) is 3.24. The van der Waals surface area contributed by atoms with Gasteiger partial charge in [-0.25, -0.2) is 0 Å². The van der Waals surface area contributed by atoms with E-state index in [1.54, 1.807) is 6.07 Å². The van der Waals surface area contributed by atoms with Gasteiger partial charge in [0, 0.05) is 6.42 Å². The van der Waals surface area contributed by atoms with Gasteiger partial charge in [-0.3, -0.25) is 0 Å². The van der Waals surface area contributed by atoms with E-state index >= 15 is 0 Å². The van der Waals surface area contributed by atoms with Gasteiger partial charge in [-0.05, 0) is 36.5 Å². The van der Waals surface area contributed by atoms with Crippen LogP contribution in [0.1, 0.15) is 43.6 Å². The van der Waals surface area contributed by atoms with Crippen molar-refractivity contribution in [3.05, 3.63) is 35.5 Å². The van der Waals surface area contributed by atoms with Crippen LogP contribution in [0.25, 0.3) is 0 Å². The Morgan fingerprint density at radius 3 is 2.67 bits per heavy atom. The van der Waals surface area contributed by atoms with Gasteiger partial charge in [0.15, 0.2) is 17.3 Å². The molecule has 2 rings (SSSR count). The fourth-order valence-corrected chi connectivity index (χ4v) is 1.97. The average Bonchev–Trinajstić information content (AvgIpc) is 2.89. The standard InChI is InChI=1S/C15H21N3O3/c1-9(2)3-6-14-17-15(21-18-14)11(16)7-10-4-5-12(19)13(20)8-10/h4-5,8-9,11,19-20H,3,6-7,16H2,1-2H3. The van der Waals surface area contributed by atoms with Crippen molar-refractivity contribution < 1.29 is 14.7 Å². The van der Waals surface area contributed by atoms with Crippen LogP contribution in [-0.4, -0.2) is 20.4 Å². The average molecular weight is 291 g/mol. The number of aromatic hydroxyl groups is 2. The molecule has 1 unspecified atom stereocenters. The Bertz CT molecular complexity index is 596. The Morgan fingerprint density at radius 2 is 2.00 bits per heavy atom. The quantitative estimate of drug-likeness (QED) is 0.705. The van der Waals surface area contributed by atoms with E-state index < -0.39 is 6.04 Å². The number of nitrogens with zero attached hydrogens (tertiary/aromatic N) is 2. The second-order valence-corrected chi connectivity index (χ2v) is 5.62. The molecule has 2 aromatic rings. The van der Waals surface area contributed by atoms with E-state index in [9.17, 15) is 10.2 Å². The first-order chi connectivity index (χ1) is 9.95. The van der Waals surface area contributed by atoms with Crippen LogP contribution in [0.15, 0.2) is 22.7 Å². The van der Waals surface area contributed by atoms with Gasteiger partial charge >= 0.3 is 0 Å². The Kier molecular flexibility index (Phi) is 4.80. The molecule has 0 radical (unpaired) electrons. The highest BCUT2D eigenvalue weighted by Crippen LogP contribution is 2.26. The van der Waals surface area contributed by atoms with Gasteiger partial charge in [-0.2, -0.15) is 4.98 Å². The molecule has 0 spiro atoms. The highest BCUT2D eigenvalue weighted by molar-refractivity contribution is 5.40. The van der Waals surface area contributed by atoms with Crippen molar-refractivity contribution in [3.8, 4) is 11.5 Å². The van der Waals surface area contributed by atoms with Crippen LogP contribution in [0.4, 0.5) is 0 Å². The lowest BCUT2D eigenvalue weighted by atomic mass is 10.1. The molecule has 4 N–H and O–H groups in total. The monoisotopic (exact) mass is 291 g/mol. The van der Waals surface area contributed by atoms with Gasteiger partial charge in [0.05, 0.1) is 6.04 Å². The van der Waals surface area contributed by atoms with Gasteiger partial charge in [0.25, 0.3) is 0 Å². The van der Waals surface area contributed by atoms with E-state index in [0.29, 0.717) is 24.1 Å². The fraction of sp³-hybridized carbons (Fsp3) is 0.467. The lowest BCUT2D eigenvalue weighted by Crippen LogP contribution is -2.13. The molecule has 0 aliphatic carbocycles. The highest BCUT2D eigenvalue weighted by Gasteiger charge is 2.16. The van der Waals surface area contributed by atoms with Gasteiger partial charge < -0.3 is 20.5 Å². The summed E-state index contributed by atoms with van der Waals surface area (Å²) in [4.78, 5) is 4.30. The van der Waals surface area contributed by atoms with E-state index in [1.807, 2.05) is 0 Å². The molecular weight excluding hydrogens is 270 g/mol. The van der Waals surface area contributed by atoms with Crippen molar-refractivity contribution in [1.82, 2.24) is 10.1 Å². The minimum Gasteiger partial charge on any atom is -0.504 e. The van der Waals surface area contributed by atoms with E-state index in [0.717, 1.165) is 18.4 Å². The Hall–Kier alpha value is -2.08. The summed E-state index contributed by atoms with van der Waals surface area (Å²) in [6.07, 6.45) is 2.22. The van der Waals surface area contributed by atoms with Crippen molar-refractivity contribution >= 4 is 0 Å². The van der Waals surface area contributed by atoms with Crippen LogP contribution >= 0.6 is 0 Å². The summed E-state index contributed by atoms with van der Waals surface area (Å²) in [6.45, 7) is 4.29. The summed E-state index contributed by atoms with van der Waals surface area (Å²) in [6, 6.07) is 4.17. The molecular formula is C15H21N3O3. The number of rotatable bonds is 6. The fourth-order valence-electron chi connectivity index (χ4n) is 1.97. The molecule has 6 nitrogen and oxygen atoms in total. The van der Waals surface area contributed by atoms with E-state index in [4.69, 9.17) is 10.3 Å². The summed E-state index contributed by atoms with van der Waals surface area (Å²) in [5, 5.41) is 22.7. The molecule has 0 bridgehead atoms. The third kappa shape index (κ3) is 4.19. The van der Waals surface area contributed by atoms with Crippen molar-refractivity contribution in [2.75, 3.05) is 0 Å². The Balaban J connectivity index is 1.99. The maximum atomic E-state index is 9.47. The molecule has 6 heteroatoms. The third-order valence-electron chi connectivity index (χ3n) is 3.24. The SMILES string of the molecule is CC(C)CCc1noc(C(N)Cc2ccc(O)c(O)c2)n1. The molecule has 114 valence electrons. The number of nitrogens with two attached hydrogens (primary N) is 1. The zero-order chi connectivity index (χ0) is 15.4. The molecule has 1 atom stereocenters. The summed E-state index contributed by atoms with van der Waals surface area (Å²) in [7, 11) is 0. The van der Waals surface area contributed by atoms with Crippen LogP contribution in [-0.2, 0) is 12.8 Å². The van der Waals surface area contributed by atoms with Gasteiger partial charge in [0.2, 0.25) is 5.89 Å². The summed E-state index contributed by atoms with van der Waals surface area (Å²) in [5.74, 6) is 1.33. The van der Waals surface area contributed by atoms with Crippen molar-refractivity contribution in [2.45, 2.75) is 39.2 Å². The van der Waals surface area contributed by atoms with E-state index in [2.05, 4.69) is 24.0 Å². The molecule has 0 aliphatic rings.